The van der Waals surface area contributed by atoms with Crippen LogP contribution in [0.1, 0.15) is 63.5 Å². The molecule has 1 aliphatic heterocycles. The van der Waals surface area contributed by atoms with E-state index in [9.17, 15) is 19.2 Å². The molecule has 0 aromatic heterocycles. The van der Waals surface area contributed by atoms with Crippen LogP contribution in [0.15, 0.2) is 60.7 Å². The summed E-state index contributed by atoms with van der Waals surface area (Å²) in [6.45, 7) is 7.89. The Morgan fingerprint density at radius 2 is 1.47 bits per heavy atom. The molecular formula is C36H52ClN7O5. The third-order valence-electron chi connectivity index (χ3n) is 8.31. The van der Waals surface area contributed by atoms with Gasteiger partial charge in [0, 0.05) is 67.7 Å². The Hall–Kier alpha value is -4.13. The fraction of sp³-hybridized carbons (Fsp3) is 0.500. The van der Waals surface area contributed by atoms with Crippen LogP contribution in [0, 0.1) is 5.92 Å². The summed E-state index contributed by atoms with van der Waals surface area (Å²) in [6, 6.07) is 14.9. The first-order valence-electron chi connectivity index (χ1n) is 17.1. The number of nitrogens with zero attached hydrogens (tertiary/aromatic N) is 1. The van der Waals surface area contributed by atoms with Crippen molar-refractivity contribution in [2.24, 2.45) is 11.7 Å². The van der Waals surface area contributed by atoms with Gasteiger partial charge in [-0.2, -0.15) is 0 Å². The molecule has 5 amide bonds. The monoisotopic (exact) mass is 697 g/mol. The zero-order valence-corrected chi connectivity index (χ0v) is 29.4. The number of nitrogens with one attached hydrogen (secondary N) is 5. The van der Waals surface area contributed by atoms with Crippen molar-refractivity contribution in [1.82, 2.24) is 20.9 Å². The fourth-order valence-electron chi connectivity index (χ4n) is 5.30. The number of imide groups is 1. The predicted molar refractivity (Wildman–Crippen MR) is 194 cm³/mol. The molecule has 0 unspecified atom stereocenters. The second kappa shape index (κ2) is 21.8. The minimum absolute atomic E-state index is 0.144. The van der Waals surface area contributed by atoms with Gasteiger partial charge in [0.05, 0.1) is 0 Å². The molecule has 1 heterocycles. The second-order valence-corrected chi connectivity index (χ2v) is 12.8. The summed E-state index contributed by atoms with van der Waals surface area (Å²) >= 11 is 5.82. The second-order valence-electron chi connectivity index (χ2n) is 12.5. The summed E-state index contributed by atoms with van der Waals surface area (Å²) < 4.78 is 5.37. The summed E-state index contributed by atoms with van der Waals surface area (Å²) in [7, 11) is 0. The molecule has 268 valence electrons. The SMILES string of the molecule is CC(C)[C@@H](CN[C@@H](CCCNC(N)=O)CNc1ccc(COC(=O)Nc2ccc(CCl)cc2)cc1)NCCCCCCN1C(=O)C=CC1=O. The summed E-state index contributed by atoms with van der Waals surface area (Å²) in [5.41, 5.74) is 8.66. The molecule has 0 radical (unpaired) electrons. The van der Waals surface area contributed by atoms with Gasteiger partial charge in [-0.3, -0.25) is 19.8 Å². The van der Waals surface area contributed by atoms with Crippen molar-refractivity contribution in [1.29, 1.82) is 0 Å². The lowest BCUT2D eigenvalue weighted by Gasteiger charge is -2.27. The van der Waals surface area contributed by atoms with Gasteiger partial charge in [0.2, 0.25) is 0 Å². The molecule has 0 bridgehead atoms. The van der Waals surface area contributed by atoms with Gasteiger partial charge in [-0.05, 0) is 73.5 Å². The first-order valence-corrected chi connectivity index (χ1v) is 17.6. The van der Waals surface area contributed by atoms with E-state index in [-0.39, 0.29) is 30.5 Å². The molecule has 12 nitrogen and oxygen atoms in total. The van der Waals surface area contributed by atoms with Gasteiger partial charge in [-0.1, -0.05) is 51.0 Å². The average Bonchev–Trinajstić information content (AvgIpc) is 3.41. The first-order chi connectivity index (χ1) is 23.6. The van der Waals surface area contributed by atoms with Crippen LogP contribution in [0.4, 0.5) is 21.0 Å². The van der Waals surface area contributed by atoms with Crippen molar-refractivity contribution in [3.8, 4) is 0 Å². The maximum atomic E-state index is 12.2. The topological polar surface area (TPSA) is 167 Å². The van der Waals surface area contributed by atoms with Crippen molar-refractivity contribution >= 4 is 46.9 Å². The van der Waals surface area contributed by atoms with E-state index in [1.807, 2.05) is 36.4 Å². The maximum absolute atomic E-state index is 12.2. The van der Waals surface area contributed by atoms with E-state index in [2.05, 4.69) is 40.4 Å². The zero-order chi connectivity index (χ0) is 35.4. The minimum atomic E-state index is -0.530. The quantitative estimate of drug-likeness (QED) is 0.0531. The molecule has 0 aliphatic carbocycles. The van der Waals surface area contributed by atoms with Crippen molar-refractivity contribution < 1.29 is 23.9 Å². The van der Waals surface area contributed by atoms with Gasteiger partial charge in [0.15, 0.2) is 0 Å². The molecular weight excluding hydrogens is 646 g/mol. The molecule has 2 aromatic rings. The number of benzene rings is 2. The molecule has 13 heteroatoms. The van der Waals surface area contributed by atoms with E-state index in [1.54, 1.807) is 12.1 Å². The number of carbonyl (C=O) groups excluding carboxylic acids is 4. The number of alkyl halides is 1. The Morgan fingerprint density at radius 3 is 2.12 bits per heavy atom. The summed E-state index contributed by atoms with van der Waals surface area (Å²) in [5.74, 6) is 0.398. The third kappa shape index (κ3) is 15.3. The van der Waals surface area contributed by atoms with E-state index in [4.69, 9.17) is 22.1 Å². The van der Waals surface area contributed by atoms with Gasteiger partial charge >= 0.3 is 12.1 Å². The summed E-state index contributed by atoms with van der Waals surface area (Å²) in [4.78, 5) is 48.0. The van der Waals surface area contributed by atoms with Gasteiger partial charge in [-0.25, -0.2) is 9.59 Å². The predicted octanol–water partition coefficient (Wildman–Crippen LogP) is 5.09. The number of hydrogen-bond donors (Lipinski definition) is 6. The molecule has 1 aliphatic rings. The number of amides is 5. The first kappa shape index (κ1) is 39.3. The Morgan fingerprint density at radius 1 is 0.816 bits per heavy atom. The van der Waals surface area contributed by atoms with Crippen LogP contribution in [0.2, 0.25) is 0 Å². The number of rotatable bonds is 23. The average molecular weight is 698 g/mol. The van der Waals surface area contributed by atoms with Crippen LogP contribution >= 0.6 is 11.6 Å². The fourth-order valence-corrected chi connectivity index (χ4v) is 5.48. The largest absolute Gasteiger partial charge is 0.444 e. The molecule has 49 heavy (non-hydrogen) atoms. The summed E-state index contributed by atoms with van der Waals surface area (Å²) in [5, 5.41) is 16.3. The van der Waals surface area contributed by atoms with Gasteiger partial charge < -0.3 is 31.7 Å². The number of hydrogen-bond acceptors (Lipinski definition) is 8. The van der Waals surface area contributed by atoms with E-state index >= 15 is 0 Å². The van der Waals surface area contributed by atoms with Gasteiger partial charge in [-0.15, -0.1) is 11.6 Å². The van der Waals surface area contributed by atoms with E-state index in [1.165, 1.54) is 17.1 Å². The van der Waals surface area contributed by atoms with Crippen LogP contribution in [0.25, 0.3) is 0 Å². The molecule has 0 saturated carbocycles. The van der Waals surface area contributed by atoms with Gasteiger partial charge in [0.1, 0.15) is 6.61 Å². The standard InChI is InChI=1S/C36H52ClN7O5/c1-26(2)32(39-19-5-3-4-6-21-44-33(45)17-18-34(44)46)24-42-31(8-7-20-40-35(38)47)23-41-29-13-11-28(12-14-29)25-49-36(48)43-30-15-9-27(22-37)10-16-30/h9-18,26,31-32,39,41-42H,3-8,19-25H2,1-2H3,(H,43,48)(H3,38,40,47)/t31-,32+/m0/s1. The highest BCUT2D eigenvalue weighted by Crippen LogP contribution is 2.14. The van der Waals surface area contributed by atoms with Crippen LogP contribution < -0.4 is 32.3 Å². The van der Waals surface area contributed by atoms with E-state index in [0.717, 1.165) is 68.4 Å². The number of primary amides is 1. The van der Waals surface area contributed by atoms with Crippen molar-refractivity contribution in [2.75, 3.05) is 43.4 Å². The smallest absolute Gasteiger partial charge is 0.411 e. The number of unbranched alkanes of at least 4 members (excludes halogenated alkanes) is 3. The zero-order valence-electron chi connectivity index (χ0n) is 28.6. The van der Waals surface area contributed by atoms with Crippen molar-refractivity contribution in [3.05, 3.63) is 71.8 Å². The van der Waals surface area contributed by atoms with Crippen LogP contribution in [0.5, 0.6) is 0 Å². The van der Waals surface area contributed by atoms with Crippen LogP contribution in [-0.4, -0.2) is 73.6 Å². The minimum Gasteiger partial charge on any atom is -0.444 e. The van der Waals surface area contributed by atoms with E-state index < -0.39 is 12.1 Å². The van der Waals surface area contributed by atoms with Crippen LogP contribution in [0.3, 0.4) is 0 Å². The number of nitrogens with two attached hydrogens (primary N) is 1. The van der Waals surface area contributed by atoms with Gasteiger partial charge in [0.25, 0.3) is 11.8 Å². The lowest BCUT2D eigenvalue weighted by molar-refractivity contribution is -0.136. The Labute approximate surface area is 294 Å². The Balaban J connectivity index is 1.39. The molecule has 0 saturated heterocycles. The normalized spacial score (nSPS) is 13.8. The molecule has 0 fully saturated rings. The number of urea groups is 1. The van der Waals surface area contributed by atoms with E-state index in [0.29, 0.717) is 37.1 Å². The highest BCUT2D eigenvalue weighted by atomic mass is 35.5. The molecule has 7 N–H and O–H groups in total. The number of anilines is 2. The third-order valence-corrected chi connectivity index (χ3v) is 8.62. The lowest BCUT2D eigenvalue weighted by atomic mass is 10.0. The molecule has 3 rings (SSSR count). The van der Waals surface area contributed by atoms with Crippen LogP contribution in [-0.2, 0) is 26.8 Å². The number of halogens is 1. The highest BCUT2D eigenvalue weighted by molar-refractivity contribution is 6.17. The van der Waals surface area contributed by atoms with Crippen molar-refractivity contribution in [3.63, 3.8) is 0 Å². The number of carbonyl (C=O) groups is 4. The van der Waals surface area contributed by atoms with Crippen molar-refractivity contribution in [2.45, 2.75) is 76.9 Å². The molecule has 2 atom stereocenters. The molecule has 2 aromatic carbocycles. The maximum Gasteiger partial charge on any atom is 0.411 e. The Bertz CT molecular complexity index is 1340. The lowest BCUT2D eigenvalue weighted by Crippen LogP contribution is -2.47. The Kier molecular flexibility index (Phi) is 17.5. The summed E-state index contributed by atoms with van der Waals surface area (Å²) in [6.07, 6.45) is 7.56. The molecule has 0 spiro atoms. The highest BCUT2D eigenvalue weighted by Gasteiger charge is 2.22. The number of ether oxygens (including phenoxy) is 1.